The second kappa shape index (κ2) is 3.95. The zero-order chi connectivity index (χ0) is 13.4. The van der Waals surface area contributed by atoms with Crippen molar-refractivity contribution in [2.45, 2.75) is 17.8 Å². The number of carboxylic acids is 1. The highest BCUT2D eigenvalue weighted by Gasteiger charge is 2.72. The predicted octanol–water partition coefficient (Wildman–Crippen LogP) is 1.17. The molecule has 0 atom stereocenters. The minimum absolute atomic E-state index is 1.99. The van der Waals surface area contributed by atoms with Gasteiger partial charge < -0.3 is 9.90 Å². The Balaban J connectivity index is 5.46. The van der Waals surface area contributed by atoms with Crippen molar-refractivity contribution in [1.29, 1.82) is 0 Å². The van der Waals surface area contributed by atoms with Crippen LogP contribution in [-0.2, 0) is 4.79 Å². The summed E-state index contributed by atoms with van der Waals surface area (Å²) < 4.78 is 86.1. The molecular formula is C7H4F7O2-. The van der Waals surface area contributed by atoms with Gasteiger partial charge in [0.2, 0.25) is 0 Å². The van der Waals surface area contributed by atoms with Crippen molar-refractivity contribution >= 4 is 5.97 Å². The van der Waals surface area contributed by atoms with E-state index in [0.717, 1.165) is 0 Å². The summed E-state index contributed by atoms with van der Waals surface area (Å²) in [6, 6.07) is 0. The van der Waals surface area contributed by atoms with Gasteiger partial charge in [-0.15, -0.1) is 0 Å². The Bertz CT molecular complexity index is 310. The van der Waals surface area contributed by atoms with E-state index in [2.05, 4.69) is 0 Å². The Labute approximate surface area is 84.4 Å². The first-order valence-electron chi connectivity index (χ1n) is 3.52. The Morgan fingerprint density at radius 2 is 1.50 bits per heavy atom. The number of alkyl halides is 7. The molecule has 0 fully saturated rings. The number of carbonyl (C=O) groups is 1. The number of hydrogen-bond acceptors (Lipinski definition) is 2. The highest BCUT2D eigenvalue weighted by Crippen LogP contribution is 2.48. The van der Waals surface area contributed by atoms with Crippen molar-refractivity contribution in [3.05, 3.63) is 12.2 Å². The van der Waals surface area contributed by atoms with Crippen LogP contribution in [0.5, 0.6) is 0 Å². The zero-order valence-corrected chi connectivity index (χ0v) is 7.38. The molecule has 94 valence electrons. The van der Waals surface area contributed by atoms with Crippen LogP contribution in [0.3, 0.4) is 0 Å². The van der Waals surface area contributed by atoms with E-state index in [0.29, 0.717) is 0 Å². The summed E-state index contributed by atoms with van der Waals surface area (Å²) in [6.07, 6.45) is 0. The van der Waals surface area contributed by atoms with Gasteiger partial charge in [-0.2, -0.15) is 26.3 Å². The molecule has 2 nitrogen and oxygen atoms in total. The molecule has 0 aliphatic rings. The standard InChI is InChI=1S/C7H5F7O2/c1-3(4(15)16)6(11,12)7(13,14)5(9,10)2-8/h1-2H2,(H,15,16)/p-1. The zero-order valence-electron chi connectivity index (χ0n) is 7.38. The maximum Gasteiger partial charge on any atom is 0.379 e. The molecule has 0 N–H and O–H groups in total. The molecule has 0 bridgehead atoms. The van der Waals surface area contributed by atoms with E-state index in [-0.39, 0.29) is 0 Å². The number of carboxylic acid groups (broad SMARTS) is 1. The van der Waals surface area contributed by atoms with E-state index in [1.807, 2.05) is 6.58 Å². The molecule has 0 heterocycles. The molecule has 0 unspecified atom stereocenters. The van der Waals surface area contributed by atoms with E-state index in [9.17, 15) is 40.6 Å². The quantitative estimate of drug-likeness (QED) is 0.545. The Kier molecular flexibility index (Phi) is 3.63. The van der Waals surface area contributed by atoms with Crippen LogP contribution < -0.4 is 5.11 Å². The Hall–Kier alpha value is -1.28. The average Bonchev–Trinajstić information content (AvgIpc) is 2.15. The molecule has 0 aromatic carbocycles. The fourth-order valence-electron chi connectivity index (χ4n) is 0.631. The maximum absolute atomic E-state index is 12.6. The van der Waals surface area contributed by atoms with Crippen molar-refractivity contribution in [2.75, 3.05) is 6.67 Å². The highest BCUT2D eigenvalue weighted by molar-refractivity contribution is 5.86. The van der Waals surface area contributed by atoms with Gasteiger partial charge in [-0.1, -0.05) is 6.58 Å². The molecule has 0 aliphatic heterocycles. The van der Waals surface area contributed by atoms with Crippen LogP contribution in [0.4, 0.5) is 30.7 Å². The van der Waals surface area contributed by atoms with Gasteiger partial charge in [-0.3, -0.25) is 0 Å². The molecule has 0 rings (SSSR count). The van der Waals surface area contributed by atoms with Crippen LogP contribution in [0.1, 0.15) is 0 Å². The lowest BCUT2D eigenvalue weighted by Gasteiger charge is -2.32. The summed E-state index contributed by atoms with van der Waals surface area (Å²) in [5.74, 6) is -20.6. The smallest absolute Gasteiger partial charge is 0.379 e. The highest BCUT2D eigenvalue weighted by atomic mass is 19.3. The van der Waals surface area contributed by atoms with Crippen molar-refractivity contribution in [1.82, 2.24) is 0 Å². The summed E-state index contributed by atoms with van der Waals surface area (Å²) in [5.41, 5.74) is -2.55. The lowest BCUT2D eigenvalue weighted by molar-refractivity contribution is -0.319. The van der Waals surface area contributed by atoms with Crippen LogP contribution >= 0.6 is 0 Å². The minimum Gasteiger partial charge on any atom is -0.545 e. The summed E-state index contributed by atoms with van der Waals surface area (Å²) in [4.78, 5) is 9.85. The first-order valence-corrected chi connectivity index (χ1v) is 3.52. The predicted molar refractivity (Wildman–Crippen MR) is 35.0 cm³/mol. The van der Waals surface area contributed by atoms with Crippen LogP contribution in [0, 0.1) is 0 Å². The van der Waals surface area contributed by atoms with Gasteiger partial charge in [0.05, 0.1) is 5.97 Å². The van der Waals surface area contributed by atoms with Crippen molar-refractivity contribution < 1.29 is 40.6 Å². The van der Waals surface area contributed by atoms with Gasteiger partial charge in [0.25, 0.3) is 0 Å². The maximum atomic E-state index is 12.6. The molecule has 0 amide bonds. The number of hydrogen-bond donors (Lipinski definition) is 0. The first-order chi connectivity index (χ1) is 6.91. The molecule has 0 aromatic rings. The Morgan fingerprint density at radius 1 is 1.12 bits per heavy atom. The van der Waals surface area contributed by atoms with Crippen molar-refractivity contribution in [2.24, 2.45) is 0 Å². The third-order valence-electron chi connectivity index (χ3n) is 1.65. The number of rotatable bonds is 5. The third-order valence-corrected chi connectivity index (χ3v) is 1.65. The normalized spacial score (nSPS) is 13.7. The fourth-order valence-corrected chi connectivity index (χ4v) is 0.631. The summed E-state index contributed by atoms with van der Waals surface area (Å²) >= 11 is 0. The first kappa shape index (κ1) is 14.7. The summed E-state index contributed by atoms with van der Waals surface area (Å²) in [6.45, 7) is -1.08. The molecule has 0 saturated heterocycles. The van der Waals surface area contributed by atoms with E-state index in [4.69, 9.17) is 0 Å². The lowest BCUT2D eigenvalue weighted by atomic mass is 9.99. The summed E-state index contributed by atoms with van der Waals surface area (Å²) in [7, 11) is 0. The molecule has 0 aromatic heterocycles. The topological polar surface area (TPSA) is 40.1 Å². The van der Waals surface area contributed by atoms with Crippen molar-refractivity contribution in [3.63, 3.8) is 0 Å². The van der Waals surface area contributed by atoms with Crippen LogP contribution in [0.2, 0.25) is 0 Å². The van der Waals surface area contributed by atoms with Gasteiger partial charge in [-0.25, -0.2) is 4.39 Å². The fraction of sp³-hybridized carbons (Fsp3) is 0.571. The largest absolute Gasteiger partial charge is 0.545 e. The molecule has 0 radical (unpaired) electrons. The lowest BCUT2D eigenvalue weighted by Crippen LogP contribution is -2.57. The molecule has 9 heteroatoms. The van der Waals surface area contributed by atoms with Gasteiger partial charge in [0.1, 0.15) is 0 Å². The van der Waals surface area contributed by atoms with Gasteiger partial charge in [0.15, 0.2) is 6.67 Å². The average molecular weight is 253 g/mol. The second-order valence-corrected chi connectivity index (χ2v) is 2.75. The SMILES string of the molecule is C=C(C(=O)[O-])C(F)(F)C(F)(F)C(F)(F)CF. The van der Waals surface area contributed by atoms with Crippen LogP contribution in [0.25, 0.3) is 0 Å². The monoisotopic (exact) mass is 253 g/mol. The number of carbonyl (C=O) groups excluding carboxylic acids is 1. The van der Waals surface area contributed by atoms with E-state index < -0.39 is 36.0 Å². The second-order valence-electron chi connectivity index (χ2n) is 2.75. The van der Waals surface area contributed by atoms with E-state index in [1.54, 1.807) is 0 Å². The van der Waals surface area contributed by atoms with Crippen LogP contribution in [-0.4, -0.2) is 30.4 Å². The molecular weight excluding hydrogens is 249 g/mol. The number of aliphatic carboxylic acids is 1. The minimum atomic E-state index is -6.22. The van der Waals surface area contributed by atoms with Gasteiger partial charge in [-0.05, 0) is 0 Å². The Morgan fingerprint density at radius 3 is 1.75 bits per heavy atom. The van der Waals surface area contributed by atoms with E-state index >= 15 is 0 Å². The van der Waals surface area contributed by atoms with Crippen molar-refractivity contribution in [3.8, 4) is 0 Å². The van der Waals surface area contributed by atoms with E-state index in [1.165, 1.54) is 0 Å². The third kappa shape index (κ3) is 1.98. The summed E-state index contributed by atoms with van der Waals surface area (Å²) in [5, 5.41) is 9.85. The molecule has 16 heavy (non-hydrogen) atoms. The molecule has 0 aliphatic carbocycles. The van der Waals surface area contributed by atoms with Gasteiger partial charge >= 0.3 is 17.8 Å². The van der Waals surface area contributed by atoms with Crippen LogP contribution in [0.15, 0.2) is 12.2 Å². The molecule has 0 saturated carbocycles. The van der Waals surface area contributed by atoms with Gasteiger partial charge in [0, 0.05) is 5.57 Å². The molecule has 0 spiro atoms. The number of halogens is 7.